The van der Waals surface area contributed by atoms with E-state index < -0.39 is 0 Å². The van der Waals surface area contributed by atoms with Crippen molar-refractivity contribution in [3.8, 4) is 11.5 Å². The predicted octanol–water partition coefficient (Wildman–Crippen LogP) is 2.68. The number of nitrogens with two attached hydrogens (primary N) is 1. The minimum absolute atomic E-state index is 0.334. The molecule has 2 rings (SSSR count). The van der Waals surface area contributed by atoms with Crippen LogP contribution in [0.25, 0.3) is 0 Å². The summed E-state index contributed by atoms with van der Waals surface area (Å²) in [5.74, 6) is 1.18. The van der Waals surface area contributed by atoms with Crippen molar-refractivity contribution in [1.29, 1.82) is 0 Å². The van der Waals surface area contributed by atoms with Gasteiger partial charge in [-0.3, -0.25) is 0 Å². The van der Waals surface area contributed by atoms with Crippen molar-refractivity contribution in [2.45, 2.75) is 33.1 Å². The first kappa shape index (κ1) is 18.6. The third kappa shape index (κ3) is 5.41. The Balaban J connectivity index is 2.07. The van der Waals surface area contributed by atoms with Crippen LogP contribution in [0.5, 0.6) is 11.5 Å². The van der Waals surface area contributed by atoms with Crippen LogP contribution in [0.1, 0.15) is 23.6 Å². The van der Waals surface area contributed by atoms with Crippen LogP contribution in [0.15, 0.2) is 36.4 Å². The summed E-state index contributed by atoms with van der Waals surface area (Å²) in [6.07, 6.45) is -0.334. The Kier molecular flexibility index (Phi) is 6.91. The van der Waals surface area contributed by atoms with Gasteiger partial charge in [0.1, 0.15) is 19.7 Å². The van der Waals surface area contributed by atoms with E-state index in [4.69, 9.17) is 21.1 Å². The number of aliphatic hydroxyl groups is 1. The summed E-state index contributed by atoms with van der Waals surface area (Å²) < 4.78 is 11.3. The largest absolute Gasteiger partial charge is 0.493 e. The maximum absolute atomic E-state index is 9.32. The quantitative estimate of drug-likeness (QED) is 0.769. The van der Waals surface area contributed by atoms with Crippen LogP contribution in [0, 0.1) is 6.92 Å². The summed E-state index contributed by atoms with van der Waals surface area (Å²) in [4.78, 5) is 0. The second-order valence-corrected chi connectivity index (χ2v) is 6.37. The SMILES string of the molecule is COc1cc(C[NH2+]C[C@H](C)O)cc(Cl)c1OCc1ccc(C)cc1. The van der Waals surface area contributed by atoms with E-state index in [1.54, 1.807) is 14.0 Å². The molecule has 4 nitrogen and oxygen atoms in total. The van der Waals surface area contributed by atoms with Crippen LogP contribution in [0.3, 0.4) is 0 Å². The average molecular weight is 351 g/mol. The first-order valence-corrected chi connectivity index (χ1v) is 8.42. The average Bonchev–Trinajstić information content (AvgIpc) is 2.54. The zero-order chi connectivity index (χ0) is 17.5. The fraction of sp³-hybridized carbons (Fsp3) is 0.368. The third-order valence-electron chi connectivity index (χ3n) is 3.68. The van der Waals surface area contributed by atoms with E-state index in [1.807, 2.05) is 29.6 Å². The second-order valence-electron chi connectivity index (χ2n) is 5.96. The molecule has 0 aliphatic heterocycles. The highest BCUT2D eigenvalue weighted by Crippen LogP contribution is 2.36. The molecule has 0 heterocycles. The molecular weight excluding hydrogens is 326 g/mol. The maximum atomic E-state index is 9.32. The van der Waals surface area contributed by atoms with Gasteiger partial charge in [0.25, 0.3) is 0 Å². The standard InChI is InChI=1S/C19H24ClNO3/c1-13-4-6-15(7-5-13)12-24-19-17(20)8-16(9-18(19)23-3)11-21-10-14(2)22/h4-9,14,21-22H,10-12H2,1-3H3/p+1/t14-/m0/s1. The normalized spacial score (nSPS) is 12.0. The number of hydrogen-bond acceptors (Lipinski definition) is 3. The molecule has 0 amide bonds. The molecular formula is C19H25ClNO3+. The van der Waals surface area contributed by atoms with Gasteiger partial charge in [0.05, 0.1) is 18.2 Å². The molecule has 24 heavy (non-hydrogen) atoms. The van der Waals surface area contributed by atoms with Crippen molar-refractivity contribution >= 4 is 11.6 Å². The summed E-state index contributed by atoms with van der Waals surface area (Å²) in [5, 5.41) is 11.9. The van der Waals surface area contributed by atoms with Gasteiger partial charge in [-0.1, -0.05) is 41.4 Å². The van der Waals surface area contributed by atoms with Gasteiger partial charge in [-0.05, 0) is 31.5 Å². The van der Waals surface area contributed by atoms with E-state index in [-0.39, 0.29) is 6.10 Å². The molecule has 0 spiro atoms. The summed E-state index contributed by atoms with van der Waals surface area (Å²) in [5.41, 5.74) is 3.32. The van der Waals surface area contributed by atoms with Gasteiger partial charge in [0, 0.05) is 5.56 Å². The van der Waals surface area contributed by atoms with E-state index in [0.717, 1.165) is 17.7 Å². The van der Waals surface area contributed by atoms with Gasteiger partial charge in [-0.15, -0.1) is 0 Å². The zero-order valence-electron chi connectivity index (χ0n) is 14.4. The Morgan fingerprint density at radius 3 is 2.50 bits per heavy atom. The fourth-order valence-corrected chi connectivity index (χ4v) is 2.65. The number of rotatable bonds is 8. The van der Waals surface area contributed by atoms with E-state index in [1.165, 1.54) is 5.56 Å². The van der Waals surface area contributed by atoms with Crippen molar-refractivity contribution in [2.75, 3.05) is 13.7 Å². The first-order chi connectivity index (χ1) is 11.5. The number of quaternary nitrogens is 1. The molecule has 0 aliphatic carbocycles. The summed E-state index contributed by atoms with van der Waals surface area (Å²) in [7, 11) is 1.60. The van der Waals surface area contributed by atoms with Crippen molar-refractivity contribution in [3.05, 3.63) is 58.1 Å². The van der Waals surface area contributed by atoms with Crippen LogP contribution in [-0.4, -0.2) is 24.9 Å². The molecule has 3 N–H and O–H groups in total. The highest BCUT2D eigenvalue weighted by Gasteiger charge is 2.13. The van der Waals surface area contributed by atoms with Crippen molar-refractivity contribution in [2.24, 2.45) is 0 Å². The summed E-state index contributed by atoms with van der Waals surface area (Å²) in [6, 6.07) is 12.0. The van der Waals surface area contributed by atoms with E-state index >= 15 is 0 Å². The molecule has 0 saturated carbocycles. The highest BCUT2D eigenvalue weighted by molar-refractivity contribution is 6.32. The molecule has 0 unspecified atom stereocenters. The maximum Gasteiger partial charge on any atom is 0.180 e. The number of methoxy groups -OCH3 is 1. The highest BCUT2D eigenvalue weighted by atomic mass is 35.5. The topological polar surface area (TPSA) is 55.3 Å². The molecule has 2 aromatic rings. The third-order valence-corrected chi connectivity index (χ3v) is 3.96. The number of ether oxygens (including phenoxy) is 2. The van der Waals surface area contributed by atoms with E-state index in [9.17, 15) is 5.11 Å². The number of benzene rings is 2. The van der Waals surface area contributed by atoms with Gasteiger partial charge in [-0.2, -0.15) is 0 Å². The molecule has 0 radical (unpaired) electrons. The van der Waals surface area contributed by atoms with E-state index in [0.29, 0.717) is 29.7 Å². The fourth-order valence-electron chi connectivity index (χ4n) is 2.36. The van der Waals surface area contributed by atoms with Crippen LogP contribution >= 0.6 is 11.6 Å². The van der Waals surface area contributed by atoms with Crippen molar-refractivity contribution in [3.63, 3.8) is 0 Å². The summed E-state index contributed by atoms with van der Waals surface area (Å²) in [6.45, 7) is 5.62. The minimum atomic E-state index is -0.334. The van der Waals surface area contributed by atoms with Crippen molar-refractivity contribution in [1.82, 2.24) is 0 Å². The molecule has 0 saturated heterocycles. The zero-order valence-corrected chi connectivity index (χ0v) is 15.1. The number of aliphatic hydroxyl groups excluding tert-OH is 1. The molecule has 130 valence electrons. The Morgan fingerprint density at radius 1 is 1.17 bits per heavy atom. The monoisotopic (exact) mass is 350 g/mol. The van der Waals surface area contributed by atoms with Crippen LogP contribution < -0.4 is 14.8 Å². The lowest BCUT2D eigenvalue weighted by Crippen LogP contribution is -2.84. The van der Waals surface area contributed by atoms with Crippen LogP contribution in [0.2, 0.25) is 5.02 Å². The molecule has 0 aliphatic rings. The van der Waals surface area contributed by atoms with Gasteiger partial charge < -0.3 is 19.9 Å². The van der Waals surface area contributed by atoms with Crippen LogP contribution in [0.4, 0.5) is 0 Å². The second kappa shape index (κ2) is 8.92. The smallest absolute Gasteiger partial charge is 0.180 e. The summed E-state index contributed by atoms with van der Waals surface area (Å²) >= 11 is 6.38. The van der Waals surface area contributed by atoms with Gasteiger partial charge in [0.15, 0.2) is 11.5 Å². The van der Waals surface area contributed by atoms with Crippen molar-refractivity contribution < 1.29 is 19.9 Å². The van der Waals surface area contributed by atoms with E-state index in [2.05, 4.69) is 19.1 Å². The molecule has 0 bridgehead atoms. The molecule has 2 aromatic carbocycles. The molecule has 0 aromatic heterocycles. The molecule has 1 atom stereocenters. The Morgan fingerprint density at radius 2 is 1.88 bits per heavy atom. The van der Waals surface area contributed by atoms with Crippen LogP contribution in [-0.2, 0) is 13.2 Å². The lowest BCUT2D eigenvalue weighted by molar-refractivity contribution is -0.676. The Bertz CT molecular complexity index is 656. The number of hydrogen-bond donors (Lipinski definition) is 2. The lowest BCUT2D eigenvalue weighted by atomic mass is 10.1. The minimum Gasteiger partial charge on any atom is -0.493 e. The van der Waals surface area contributed by atoms with Gasteiger partial charge >= 0.3 is 0 Å². The number of aryl methyl sites for hydroxylation is 1. The first-order valence-electron chi connectivity index (χ1n) is 8.04. The number of halogens is 1. The Hall–Kier alpha value is -1.75. The molecule has 0 fully saturated rings. The predicted molar refractivity (Wildman–Crippen MR) is 95.7 cm³/mol. The Labute approximate surface area is 148 Å². The van der Waals surface area contributed by atoms with Gasteiger partial charge in [0.2, 0.25) is 0 Å². The lowest BCUT2D eigenvalue weighted by Gasteiger charge is -2.14. The van der Waals surface area contributed by atoms with Gasteiger partial charge in [-0.25, -0.2) is 0 Å². The molecule has 5 heteroatoms.